The van der Waals surface area contributed by atoms with Crippen LogP contribution in [-0.4, -0.2) is 27.6 Å². The summed E-state index contributed by atoms with van der Waals surface area (Å²) in [4.78, 5) is 18.5. The maximum atomic E-state index is 12.4. The lowest BCUT2D eigenvalue weighted by atomic mass is 10.2. The molecule has 0 bridgehead atoms. The van der Waals surface area contributed by atoms with Gasteiger partial charge in [-0.25, -0.2) is 9.50 Å². The van der Waals surface area contributed by atoms with E-state index in [9.17, 15) is 4.79 Å². The number of hydrogen-bond acceptors (Lipinski definition) is 4. The Morgan fingerprint density at radius 2 is 2.12 bits per heavy atom. The molecular weight excluding hydrogens is 396 g/mol. The molecule has 1 amide bonds. The SMILES string of the molecule is CO/C(=C\C=C\Br)c1nc2cc(C(=O)NCc3ccccc3)ccn2n1. The van der Waals surface area contributed by atoms with Gasteiger partial charge < -0.3 is 10.1 Å². The third-order valence-electron chi connectivity index (χ3n) is 3.66. The molecule has 2 aromatic heterocycles. The van der Waals surface area contributed by atoms with Gasteiger partial charge >= 0.3 is 0 Å². The van der Waals surface area contributed by atoms with E-state index in [1.54, 1.807) is 47.1 Å². The number of fused-ring (bicyclic) bond motifs is 1. The van der Waals surface area contributed by atoms with E-state index < -0.39 is 0 Å². The predicted octanol–water partition coefficient (Wildman–Crippen LogP) is 3.56. The molecule has 132 valence electrons. The maximum Gasteiger partial charge on any atom is 0.251 e. The van der Waals surface area contributed by atoms with Crippen molar-refractivity contribution in [2.45, 2.75) is 6.54 Å². The molecule has 3 aromatic rings. The van der Waals surface area contributed by atoms with Crippen molar-refractivity contribution in [3.63, 3.8) is 0 Å². The zero-order valence-electron chi connectivity index (χ0n) is 14.1. The second-order valence-electron chi connectivity index (χ2n) is 5.38. The van der Waals surface area contributed by atoms with Gasteiger partial charge in [0.25, 0.3) is 5.91 Å². The Kier molecular flexibility index (Phi) is 5.80. The van der Waals surface area contributed by atoms with E-state index in [1.165, 1.54) is 0 Å². The Bertz CT molecular complexity index is 964. The first kappa shape index (κ1) is 17.9. The van der Waals surface area contributed by atoms with Crippen molar-refractivity contribution in [3.8, 4) is 0 Å². The number of carbonyl (C=O) groups excluding carboxylic acids is 1. The molecule has 0 atom stereocenters. The van der Waals surface area contributed by atoms with Crippen molar-refractivity contribution < 1.29 is 9.53 Å². The van der Waals surface area contributed by atoms with Crippen molar-refractivity contribution in [2.24, 2.45) is 0 Å². The Labute approximate surface area is 159 Å². The van der Waals surface area contributed by atoms with Crippen LogP contribution in [0.3, 0.4) is 0 Å². The third kappa shape index (κ3) is 4.18. The van der Waals surface area contributed by atoms with Crippen molar-refractivity contribution in [2.75, 3.05) is 7.11 Å². The smallest absolute Gasteiger partial charge is 0.251 e. The molecule has 0 aliphatic carbocycles. The van der Waals surface area contributed by atoms with Gasteiger partial charge in [0.05, 0.1) is 7.11 Å². The predicted molar refractivity (Wildman–Crippen MR) is 104 cm³/mol. The van der Waals surface area contributed by atoms with E-state index in [4.69, 9.17) is 4.74 Å². The molecule has 26 heavy (non-hydrogen) atoms. The van der Waals surface area contributed by atoms with Crippen molar-refractivity contribution in [1.82, 2.24) is 19.9 Å². The van der Waals surface area contributed by atoms with Crippen LogP contribution in [0.2, 0.25) is 0 Å². The Morgan fingerprint density at radius 3 is 2.85 bits per heavy atom. The van der Waals surface area contributed by atoms with E-state index in [1.807, 2.05) is 30.3 Å². The first-order valence-corrected chi connectivity index (χ1v) is 8.83. The van der Waals surface area contributed by atoms with Crippen LogP contribution in [0.25, 0.3) is 11.4 Å². The van der Waals surface area contributed by atoms with Crippen LogP contribution >= 0.6 is 15.9 Å². The number of hydrogen-bond donors (Lipinski definition) is 1. The van der Waals surface area contributed by atoms with E-state index >= 15 is 0 Å². The zero-order chi connectivity index (χ0) is 18.4. The van der Waals surface area contributed by atoms with E-state index in [0.29, 0.717) is 29.3 Å². The summed E-state index contributed by atoms with van der Waals surface area (Å²) < 4.78 is 6.91. The lowest BCUT2D eigenvalue weighted by Gasteiger charge is -2.05. The molecule has 6 nitrogen and oxygen atoms in total. The molecule has 1 aromatic carbocycles. The first-order chi connectivity index (χ1) is 12.7. The van der Waals surface area contributed by atoms with Crippen LogP contribution in [0.4, 0.5) is 0 Å². The maximum absolute atomic E-state index is 12.4. The summed E-state index contributed by atoms with van der Waals surface area (Å²) in [7, 11) is 1.56. The summed E-state index contributed by atoms with van der Waals surface area (Å²) in [6, 6.07) is 13.2. The van der Waals surface area contributed by atoms with Gasteiger partial charge in [-0.05, 0) is 28.8 Å². The summed E-state index contributed by atoms with van der Waals surface area (Å²) in [6.45, 7) is 0.470. The minimum absolute atomic E-state index is 0.161. The lowest BCUT2D eigenvalue weighted by Crippen LogP contribution is -2.22. The normalized spacial score (nSPS) is 11.8. The minimum Gasteiger partial charge on any atom is -0.493 e. The highest BCUT2D eigenvalue weighted by Gasteiger charge is 2.12. The van der Waals surface area contributed by atoms with Crippen LogP contribution in [0.1, 0.15) is 21.7 Å². The van der Waals surface area contributed by atoms with Crippen molar-refractivity contribution in [1.29, 1.82) is 0 Å². The fourth-order valence-corrected chi connectivity index (χ4v) is 2.52. The highest BCUT2D eigenvalue weighted by atomic mass is 79.9. The number of carbonyl (C=O) groups is 1. The van der Waals surface area contributed by atoms with E-state index in [-0.39, 0.29) is 5.91 Å². The minimum atomic E-state index is -0.161. The van der Waals surface area contributed by atoms with Gasteiger partial charge in [0.15, 0.2) is 11.4 Å². The number of nitrogens with zero attached hydrogens (tertiary/aromatic N) is 3. The fourth-order valence-electron chi connectivity index (χ4n) is 2.37. The van der Waals surface area contributed by atoms with Crippen molar-refractivity contribution in [3.05, 3.63) is 82.8 Å². The lowest BCUT2D eigenvalue weighted by molar-refractivity contribution is 0.0951. The van der Waals surface area contributed by atoms with Crippen LogP contribution in [0.5, 0.6) is 0 Å². The molecule has 7 heteroatoms. The van der Waals surface area contributed by atoms with Crippen LogP contribution in [0, 0.1) is 0 Å². The number of halogens is 1. The summed E-state index contributed by atoms with van der Waals surface area (Å²) in [5, 5.41) is 7.26. The second-order valence-corrected chi connectivity index (χ2v) is 5.90. The Morgan fingerprint density at radius 1 is 1.31 bits per heavy atom. The molecule has 0 unspecified atom stereocenters. The van der Waals surface area contributed by atoms with E-state index in [0.717, 1.165) is 5.56 Å². The fraction of sp³-hybridized carbons (Fsp3) is 0.105. The summed E-state index contributed by atoms with van der Waals surface area (Å²) in [5.41, 5.74) is 2.13. The standard InChI is InChI=1S/C19H17BrN4O2/c1-26-16(8-5-10-20)18-22-17-12-15(9-11-24(17)23-18)19(25)21-13-14-6-3-2-4-7-14/h2-12H,13H2,1H3,(H,21,25)/b10-5+,16-8-. The molecule has 0 aliphatic rings. The number of ether oxygens (including phenoxy) is 1. The Hall–Kier alpha value is -2.93. The average Bonchev–Trinajstić information content (AvgIpc) is 3.10. The zero-order valence-corrected chi connectivity index (χ0v) is 15.7. The monoisotopic (exact) mass is 412 g/mol. The van der Waals surface area contributed by atoms with Crippen LogP contribution < -0.4 is 5.32 Å². The number of rotatable bonds is 6. The third-order valence-corrected chi connectivity index (χ3v) is 3.96. The highest BCUT2D eigenvalue weighted by Crippen LogP contribution is 2.14. The van der Waals surface area contributed by atoms with Gasteiger partial charge in [-0.2, -0.15) is 0 Å². The average molecular weight is 413 g/mol. The molecule has 0 saturated carbocycles. The Balaban J connectivity index is 1.79. The second kappa shape index (κ2) is 8.44. The van der Waals surface area contributed by atoms with Crippen molar-refractivity contribution >= 4 is 33.2 Å². The molecule has 0 radical (unpaired) electrons. The van der Waals surface area contributed by atoms with Gasteiger partial charge in [0.2, 0.25) is 5.82 Å². The largest absolute Gasteiger partial charge is 0.493 e. The molecule has 0 saturated heterocycles. The number of amides is 1. The highest BCUT2D eigenvalue weighted by molar-refractivity contribution is 9.11. The van der Waals surface area contributed by atoms with Gasteiger partial charge in [-0.15, -0.1) is 5.10 Å². The molecule has 1 N–H and O–H groups in total. The number of methoxy groups -OCH3 is 1. The summed E-state index contributed by atoms with van der Waals surface area (Å²) >= 11 is 3.20. The van der Waals surface area contributed by atoms with Gasteiger partial charge in [-0.3, -0.25) is 4.79 Å². The molecule has 3 rings (SSSR count). The first-order valence-electron chi connectivity index (χ1n) is 7.91. The summed E-state index contributed by atoms with van der Waals surface area (Å²) in [6.07, 6.45) is 5.22. The number of nitrogens with one attached hydrogen (secondary N) is 1. The number of allylic oxidation sites excluding steroid dienone is 2. The van der Waals surface area contributed by atoms with Gasteiger partial charge in [0.1, 0.15) is 0 Å². The van der Waals surface area contributed by atoms with Crippen LogP contribution in [0.15, 0.2) is 65.8 Å². The van der Waals surface area contributed by atoms with E-state index in [2.05, 4.69) is 31.3 Å². The number of benzene rings is 1. The van der Waals surface area contributed by atoms with Gasteiger partial charge in [0, 0.05) is 18.3 Å². The number of aromatic nitrogens is 3. The molecule has 2 heterocycles. The number of pyridine rings is 1. The molecular formula is C19H17BrN4O2. The summed E-state index contributed by atoms with van der Waals surface area (Å²) in [5.74, 6) is 0.810. The molecule has 0 spiro atoms. The van der Waals surface area contributed by atoms with Crippen LogP contribution in [-0.2, 0) is 11.3 Å². The molecule has 0 fully saturated rings. The van der Waals surface area contributed by atoms with Gasteiger partial charge in [-0.1, -0.05) is 52.3 Å². The molecule has 0 aliphatic heterocycles. The quantitative estimate of drug-likeness (QED) is 0.496. The topological polar surface area (TPSA) is 68.5 Å².